The van der Waals surface area contributed by atoms with E-state index in [9.17, 15) is 4.79 Å². The van der Waals surface area contributed by atoms with Crippen molar-refractivity contribution < 1.29 is 9.53 Å². The van der Waals surface area contributed by atoms with Gasteiger partial charge in [0.05, 0.1) is 29.4 Å². The number of nitrogens with zero attached hydrogens (tertiary/aromatic N) is 3. The fraction of sp³-hybridized carbons (Fsp3) is 0.375. The van der Waals surface area contributed by atoms with Gasteiger partial charge in [-0.3, -0.25) is 0 Å². The topological polar surface area (TPSA) is 81.1 Å². The molecule has 1 aromatic heterocycles. The normalized spacial score (nSPS) is 13.8. The Bertz CT molecular complexity index is 993. The van der Waals surface area contributed by atoms with Crippen molar-refractivity contribution in [3.63, 3.8) is 0 Å². The third kappa shape index (κ3) is 5.63. The van der Waals surface area contributed by atoms with Crippen LogP contribution in [0, 0.1) is 0 Å². The van der Waals surface area contributed by atoms with Gasteiger partial charge >= 0.3 is 6.03 Å². The van der Waals surface area contributed by atoms with E-state index in [1.165, 1.54) is 12.8 Å². The zero-order valence-corrected chi connectivity index (χ0v) is 17.9. The molecule has 1 heterocycles. The van der Waals surface area contributed by atoms with E-state index in [1.54, 1.807) is 4.68 Å². The Morgan fingerprint density at radius 2 is 1.87 bits per heavy atom. The zero-order chi connectivity index (χ0) is 21.5. The maximum Gasteiger partial charge on any atom is 0.323 e. The number of nitrogens with one attached hydrogen (secondary N) is 2. The summed E-state index contributed by atoms with van der Waals surface area (Å²) in [5.41, 5.74) is 3.26. The van der Waals surface area contributed by atoms with Crippen LogP contribution in [0.1, 0.15) is 51.1 Å². The number of aryl methyl sites for hydroxylation is 1. The fourth-order valence-electron chi connectivity index (χ4n) is 3.74. The molecule has 7 heteroatoms. The molecule has 1 fully saturated rings. The van der Waals surface area contributed by atoms with Crippen LogP contribution < -0.4 is 15.4 Å². The van der Waals surface area contributed by atoms with E-state index in [2.05, 4.69) is 27.9 Å². The molecule has 2 aromatic carbocycles. The second-order valence-corrected chi connectivity index (χ2v) is 7.90. The summed E-state index contributed by atoms with van der Waals surface area (Å²) in [7, 11) is 0. The zero-order valence-electron chi connectivity index (χ0n) is 17.9. The Morgan fingerprint density at radius 3 is 2.65 bits per heavy atom. The molecule has 0 spiro atoms. The Morgan fingerprint density at radius 1 is 1.10 bits per heavy atom. The van der Waals surface area contributed by atoms with E-state index in [0.29, 0.717) is 17.1 Å². The number of urea groups is 1. The summed E-state index contributed by atoms with van der Waals surface area (Å²) < 4.78 is 7.85. The highest BCUT2D eigenvalue weighted by Crippen LogP contribution is 2.29. The average molecular weight is 420 g/mol. The number of hydrogen-bond acceptors (Lipinski definition) is 4. The van der Waals surface area contributed by atoms with Gasteiger partial charge in [0.1, 0.15) is 5.75 Å². The Hall–Kier alpha value is -3.35. The summed E-state index contributed by atoms with van der Waals surface area (Å²) in [4.78, 5) is 12.5. The van der Waals surface area contributed by atoms with Gasteiger partial charge in [0.15, 0.2) is 0 Å². The first-order valence-electron chi connectivity index (χ1n) is 11.1. The molecule has 1 aliphatic rings. The van der Waals surface area contributed by atoms with Gasteiger partial charge in [-0.05, 0) is 74.9 Å². The van der Waals surface area contributed by atoms with Crippen molar-refractivity contribution in [3.8, 4) is 11.4 Å². The summed E-state index contributed by atoms with van der Waals surface area (Å²) in [6.45, 7) is 2.16. The molecular formula is C24H29N5O2. The summed E-state index contributed by atoms with van der Waals surface area (Å²) >= 11 is 0. The molecule has 31 heavy (non-hydrogen) atoms. The number of anilines is 2. The van der Waals surface area contributed by atoms with Crippen molar-refractivity contribution in [1.82, 2.24) is 15.0 Å². The van der Waals surface area contributed by atoms with Crippen LogP contribution in [0.4, 0.5) is 16.2 Å². The molecular weight excluding hydrogens is 390 g/mol. The van der Waals surface area contributed by atoms with E-state index < -0.39 is 0 Å². The van der Waals surface area contributed by atoms with Crippen LogP contribution in [0.3, 0.4) is 0 Å². The van der Waals surface area contributed by atoms with Gasteiger partial charge in [0.25, 0.3) is 0 Å². The summed E-state index contributed by atoms with van der Waals surface area (Å²) in [5.74, 6) is 0.713. The molecule has 0 unspecified atom stereocenters. The highest BCUT2D eigenvalue weighted by Gasteiger charge is 2.18. The number of rotatable bonds is 8. The minimum absolute atomic E-state index is 0.234. The van der Waals surface area contributed by atoms with Gasteiger partial charge in [0.2, 0.25) is 0 Å². The summed E-state index contributed by atoms with van der Waals surface area (Å²) in [6.07, 6.45) is 9.89. The second-order valence-electron chi connectivity index (χ2n) is 7.90. The molecule has 0 aliphatic heterocycles. The largest absolute Gasteiger partial charge is 0.488 e. The van der Waals surface area contributed by atoms with E-state index in [-0.39, 0.29) is 12.1 Å². The molecule has 4 rings (SSSR count). The minimum atomic E-state index is -0.308. The minimum Gasteiger partial charge on any atom is -0.488 e. The number of carbonyl (C=O) groups is 1. The van der Waals surface area contributed by atoms with Crippen LogP contribution in [0.25, 0.3) is 5.69 Å². The lowest BCUT2D eigenvalue weighted by Gasteiger charge is -2.17. The highest BCUT2D eigenvalue weighted by atomic mass is 16.5. The maximum absolute atomic E-state index is 12.5. The van der Waals surface area contributed by atoms with Gasteiger partial charge in [-0.25, -0.2) is 9.48 Å². The molecule has 2 amide bonds. The van der Waals surface area contributed by atoms with E-state index in [4.69, 9.17) is 4.74 Å². The summed E-state index contributed by atoms with van der Waals surface area (Å²) in [5, 5.41) is 14.2. The molecule has 2 N–H and O–H groups in total. The summed E-state index contributed by atoms with van der Waals surface area (Å²) in [6, 6.07) is 14.8. The van der Waals surface area contributed by atoms with Crippen molar-refractivity contribution in [3.05, 3.63) is 60.4 Å². The molecule has 0 bridgehead atoms. The van der Waals surface area contributed by atoms with Crippen LogP contribution in [-0.4, -0.2) is 27.1 Å². The Balaban J connectivity index is 1.35. The van der Waals surface area contributed by atoms with Gasteiger partial charge in [0, 0.05) is 5.69 Å². The third-order valence-electron chi connectivity index (χ3n) is 5.45. The predicted octanol–water partition coefficient (Wildman–Crippen LogP) is 5.58. The smallest absolute Gasteiger partial charge is 0.323 e. The van der Waals surface area contributed by atoms with Crippen molar-refractivity contribution in [2.75, 3.05) is 10.6 Å². The van der Waals surface area contributed by atoms with Crippen molar-refractivity contribution in [2.45, 2.75) is 58.0 Å². The van der Waals surface area contributed by atoms with Crippen LogP contribution in [0.2, 0.25) is 0 Å². The van der Waals surface area contributed by atoms with E-state index >= 15 is 0 Å². The standard InChI is InChI=1S/C24H29N5O2/c1-2-3-8-19-17-29(28-27-19)20-15-13-18(14-16-20)25-24(30)26-22-11-6-7-12-23(22)31-21-9-4-5-10-21/h6-7,11-17,21H,2-5,8-10H2,1H3,(H2,25,26,30). The average Bonchev–Trinajstić information content (AvgIpc) is 3.46. The van der Waals surface area contributed by atoms with E-state index in [1.807, 2.05) is 54.7 Å². The predicted molar refractivity (Wildman–Crippen MR) is 122 cm³/mol. The molecule has 0 atom stereocenters. The van der Waals surface area contributed by atoms with Gasteiger partial charge in [-0.15, -0.1) is 5.10 Å². The lowest BCUT2D eigenvalue weighted by atomic mass is 10.2. The first-order chi connectivity index (χ1) is 15.2. The number of amides is 2. The molecule has 3 aromatic rings. The quantitative estimate of drug-likeness (QED) is 0.500. The number of carbonyl (C=O) groups excluding carboxylic acids is 1. The lowest BCUT2D eigenvalue weighted by Crippen LogP contribution is -2.20. The van der Waals surface area contributed by atoms with E-state index in [0.717, 1.165) is 43.5 Å². The highest BCUT2D eigenvalue weighted by molar-refractivity contribution is 6.00. The second kappa shape index (κ2) is 10.1. The molecule has 1 saturated carbocycles. The third-order valence-corrected chi connectivity index (χ3v) is 5.45. The molecule has 0 radical (unpaired) electrons. The molecule has 1 aliphatic carbocycles. The van der Waals surface area contributed by atoms with Crippen LogP contribution >= 0.6 is 0 Å². The first kappa shape index (κ1) is 20.9. The lowest BCUT2D eigenvalue weighted by molar-refractivity contribution is 0.211. The monoisotopic (exact) mass is 419 g/mol. The van der Waals surface area contributed by atoms with Gasteiger partial charge < -0.3 is 15.4 Å². The van der Waals surface area contributed by atoms with Crippen molar-refractivity contribution >= 4 is 17.4 Å². The number of para-hydroxylation sites is 2. The van der Waals surface area contributed by atoms with Gasteiger partial charge in [-0.2, -0.15) is 0 Å². The number of aromatic nitrogens is 3. The molecule has 7 nitrogen and oxygen atoms in total. The molecule has 0 saturated heterocycles. The fourth-order valence-corrected chi connectivity index (χ4v) is 3.74. The van der Waals surface area contributed by atoms with Gasteiger partial charge in [-0.1, -0.05) is 30.7 Å². The molecule has 162 valence electrons. The SMILES string of the molecule is CCCCc1cn(-c2ccc(NC(=O)Nc3ccccc3OC3CCCC3)cc2)nn1. The Kier molecular flexibility index (Phi) is 6.82. The Labute approximate surface area is 182 Å². The number of ether oxygens (including phenoxy) is 1. The van der Waals surface area contributed by atoms with Crippen molar-refractivity contribution in [2.24, 2.45) is 0 Å². The maximum atomic E-state index is 12.5. The first-order valence-corrected chi connectivity index (χ1v) is 11.1. The number of hydrogen-bond donors (Lipinski definition) is 2. The van der Waals surface area contributed by atoms with Crippen LogP contribution in [0.5, 0.6) is 5.75 Å². The number of unbranched alkanes of at least 4 members (excludes halogenated alkanes) is 1. The number of benzene rings is 2. The van der Waals surface area contributed by atoms with Crippen LogP contribution in [-0.2, 0) is 6.42 Å². The van der Waals surface area contributed by atoms with Crippen LogP contribution in [0.15, 0.2) is 54.7 Å². The van der Waals surface area contributed by atoms with Crippen molar-refractivity contribution in [1.29, 1.82) is 0 Å².